The highest BCUT2D eigenvalue weighted by Gasteiger charge is 2.41. The van der Waals surface area contributed by atoms with Crippen LogP contribution in [-0.2, 0) is 4.74 Å². The van der Waals surface area contributed by atoms with Crippen LogP contribution in [0, 0.1) is 0 Å². The van der Waals surface area contributed by atoms with E-state index in [1.54, 1.807) is 30.3 Å². The van der Waals surface area contributed by atoms with Crippen LogP contribution < -0.4 is 0 Å². The molecule has 15 heavy (non-hydrogen) atoms. The quantitative estimate of drug-likeness (QED) is 0.757. The first kappa shape index (κ1) is 12.5. The smallest absolute Gasteiger partial charge is 0.310 e. The van der Waals surface area contributed by atoms with Crippen molar-refractivity contribution in [1.82, 2.24) is 0 Å². The van der Waals surface area contributed by atoms with Gasteiger partial charge in [-0.1, -0.05) is 30.3 Å². The Balaban J connectivity index is 2.68. The molecule has 5 heteroatoms. The summed E-state index contributed by atoms with van der Waals surface area (Å²) in [5, 5.41) is -2.50. The lowest BCUT2D eigenvalue weighted by Gasteiger charge is -2.22. The first-order valence-corrected chi connectivity index (χ1v) is 5.24. The summed E-state index contributed by atoms with van der Waals surface area (Å²) in [7, 11) is 0. The zero-order chi connectivity index (χ0) is 11.5. The van der Waals surface area contributed by atoms with Crippen LogP contribution in [0.5, 0.6) is 0 Å². The number of benzene rings is 1. The van der Waals surface area contributed by atoms with Crippen molar-refractivity contribution in [2.24, 2.45) is 0 Å². The summed E-state index contributed by atoms with van der Waals surface area (Å²) >= 11 is 2.16. The fourth-order valence-electron chi connectivity index (χ4n) is 1.08. The van der Waals surface area contributed by atoms with Gasteiger partial charge in [-0.3, -0.25) is 0 Å². The minimum absolute atomic E-state index is 0.574. The lowest BCUT2D eigenvalue weighted by atomic mass is 10.1. The van der Waals surface area contributed by atoms with Crippen LogP contribution in [0.1, 0.15) is 18.6 Å². The van der Waals surface area contributed by atoms with E-state index in [0.717, 1.165) is 0 Å². The molecule has 84 valence electrons. The fourth-order valence-corrected chi connectivity index (χ4v) is 1.19. The second-order valence-electron chi connectivity index (χ2n) is 3.03. The zero-order valence-corrected chi connectivity index (χ0v) is 9.55. The molecule has 0 aliphatic heterocycles. The Labute approximate surface area is 94.4 Å². The second kappa shape index (κ2) is 4.99. The molecule has 0 aromatic heterocycles. The van der Waals surface area contributed by atoms with Gasteiger partial charge in [0.15, 0.2) is 0 Å². The van der Waals surface area contributed by atoms with Gasteiger partial charge < -0.3 is 4.74 Å². The Morgan fingerprint density at radius 3 is 2.27 bits per heavy atom. The van der Waals surface area contributed by atoms with E-state index >= 15 is 0 Å². The number of hydrogen-bond acceptors (Lipinski definition) is 1. The van der Waals surface area contributed by atoms with Crippen molar-refractivity contribution < 1.29 is 17.9 Å². The molecule has 0 aliphatic rings. The number of hydrogen-bond donors (Lipinski definition) is 0. The van der Waals surface area contributed by atoms with E-state index in [0.29, 0.717) is 5.56 Å². The normalized spacial score (nSPS) is 16.1. The maximum Gasteiger partial charge on any atom is 0.397 e. The first-order chi connectivity index (χ1) is 6.93. The zero-order valence-electron chi connectivity index (χ0n) is 7.96. The molecule has 0 bridgehead atoms. The molecule has 0 radical (unpaired) electrons. The van der Waals surface area contributed by atoms with Crippen molar-refractivity contribution in [2.75, 3.05) is 0 Å². The molecule has 0 amide bonds. The van der Waals surface area contributed by atoms with Gasteiger partial charge in [0.05, 0.1) is 6.10 Å². The highest BCUT2D eigenvalue weighted by Crippen LogP contribution is 2.33. The molecular formula is C10H10BrF3O. The maximum atomic E-state index is 12.8. The summed E-state index contributed by atoms with van der Waals surface area (Å²) in [4.78, 5) is 0. The Bertz CT molecular complexity index is 303. The average molecular weight is 283 g/mol. The number of halogens is 4. The highest BCUT2D eigenvalue weighted by atomic mass is 79.9. The van der Waals surface area contributed by atoms with Gasteiger partial charge in [0, 0.05) is 0 Å². The van der Waals surface area contributed by atoms with Gasteiger partial charge in [0.25, 0.3) is 0 Å². The second-order valence-corrected chi connectivity index (χ2v) is 3.84. The predicted octanol–water partition coefficient (Wildman–Crippen LogP) is 4.05. The summed E-state index contributed by atoms with van der Waals surface area (Å²) in [6, 6.07) is 8.45. The van der Waals surface area contributed by atoms with E-state index in [1.165, 1.54) is 6.92 Å². The molecule has 0 spiro atoms. The molecule has 0 saturated carbocycles. The molecule has 1 rings (SSSR count). The molecule has 0 fully saturated rings. The first-order valence-electron chi connectivity index (χ1n) is 4.32. The highest BCUT2D eigenvalue weighted by molar-refractivity contribution is 9.09. The maximum absolute atomic E-state index is 12.8. The molecule has 1 aromatic rings. The summed E-state index contributed by atoms with van der Waals surface area (Å²) in [6.07, 6.45) is -4.69. The Hall–Kier alpha value is -0.550. The molecule has 2 atom stereocenters. The topological polar surface area (TPSA) is 9.23 Å². The molecule has 0 N–H and O–H groups in total. The number of rotatable bonds is 4. The van der Waals surface area contributed by atoms with Crippen molar-refractivity contribution in [3.63, 3.8) is 0 Å². The Morgan fingerprint density at radius 1 is 1.27 bits per heavy atom. The average Bonchev–Trinajstić information content (AvgIpc) is 2.18. The SMILES string of the molecule is CC(OC(F)(F)C(F)Br)c1ccccc1. The minimum atomic E-state index is -3.82. The van der Waals surface area contributed by atoms with E-state index in [2.05, 4.69) is 20.7 Å². The van der Waals surface area contributed by atoms with Gasteiger partial charge in [-0.05, 0) is 28.4 Å². The van der Waals surface area contributed by atoms with Gasteiger partial charge in [-0.2, -0.15) is 8.78 Å². The van der Waals surface area contributed by atoms with Crippen LogP contribution in [0.4, 0.5) is 13.2 Å². The predicted molar refractivity (Wildman–Crippen MR) is 54.7 cm³/mol. The molecule has 1 aromatic carbocycles. The Morgan fingerprint density at radius 2 is 1.80 bits per heavy atom. The van der Waals surface area contributed by atoms with Crippen molar-refractivity contribution in [1.29, 1.82) is 0 Å². The number of ether oxygens (including phenoxy) is 1. The van der Waals surface area contributed by atoms with Crippen LogP contribution in [0.2, 0.25) is 0 Å². The third-order valence-electron chi connectivity index (χ3n) is 1.86. The summed E-state index contributed by atoms with van der Waals surface area (Å²) < 4.78 is 42.4. The van der Waals surface area contributed by atoms with E-state index in [1.807, 2.05) is 0 Å². The Kier molecular flexibility index (Phi) is 4.16. The van der Waals surface area contributed by atoms with Gasteiger partial charge in [0.1, 0.15) is 0 Å². The van der Waals surface area contributed by atoms with Crippen molar-refractivity contribution >= 4 is 15.9 Å². The van der Waals surface area contributed by atoms with E-state index < -0.39 is 17.3 Å². The summed E-state index contributed by atoms with van der Waals surface area (Å²) in [6.45, 7) is 1.44. The molecular weight excluding hydrogens is 273 g/mol. The van der Waals surface area contributed by atoms with Gasteiger partial charge in [-0.15, -0.1) is 0 Å². The van der Waals surface area contributed by atoms with Crippen LogP contribution >= 0.6 is 15.9 Å². The minimum Gasteiger partial charge on any atom is -0.310 e. The van der Waals surface area contributed by atoms with Crippen LogP contribution in [0.3, 0.4) is 0 Å². The molecule has 1 nitrogen and oxygen atoms in total. The fraction of sp³-hybridized carbons (Fsp3) is 0.400. The molecule has 0 saturated heterocycles. The molecule has 2 unspecified atom stereocenters. The monoisotopic (exact) mass is 282 g/mol. The number of alkyl halides is 4. The van der Waals surface area contributed by atoms with Crippen molar-refractivity contribution in [3.8, 4) is 0 Å². The van der Waals surface area contributed by atoms with Crippen molar-refractivity contribution in [3.05, 3.63) is 35.9 Å². The lowest BCUT2D eigenvalue weighted by molar-refractivity contribution is -0.274. The molecule has 0 aliphatic carbocycles. The van der Waals surface area contributed by atoms with E-state index in [9.17, 15) is 13.2 Å². The largest absolute Gasteiger partial charge is 0.397 e. The van der Waals surface area contributed by atoms with Gasteiger partial charge in [0.2, 0.25) is 5.08 Å². The van der Waals surface area contributed by atoms with Crippen LogP contribution in [-0.4, -0.2) is 11.2 Å². The third kappa shape index (κ3) is 3.50. The third-order valence-corrected chi connectivity index (χ3v) is 2.39. The summed E-state index contributed by atoms with van der Waals surface area (Å²) in [5.74, 6) is 0. The van der Waals surface area contributed by atoms with E-state index in [4.69, 9.17) is 0 Å². The van der Waals surface area contributed by atoms with E-state index in [-0.39, 0.29) is 0 Å². The van der Waals surface area contributed by atoms with Gasteiger partial charge >= 0.3 is 6.11 Å². The van der Waals surface area contributed by atoms with Gasteiger partial charge in [-0.25, -0.2) is 4.39 Å². The lowest BCUT2D eigenvalue weighted by Crippen LogP contribution is -2.30. The molecule has 0 heterocycles. The summed E-state index contributed by atoms with van der Waals surface area (Å²) in [5.41, 5.74) is 0.574. The standard InChI is InChI=1S/C10H10BrF3O/c1-7(8-5-3-2-4-6-8)15-10(13,14)9(11)12/h2-7,9H,1H3. The van der Waals surface area contributed by atoms with Crippen LogP contribution in [0.25, 0.3) is 0 Å². The van der Waals surface area contributed by atoms with Crippen molar-refractivity contribution in [2.45, 2.75) is 24.2 Å². The van der Waals surface area contributed by atoms with Crippen LogP contribution in [0.15, 0.2) is 30.3 Å².